The van der Waals surface area contributed by atoms with Gasteiger partial charge in [0.25, 0.3) is 0 Å². The SMILES string of the molecule is N#Cc1ccc2c(c1)[C@H](C(=O)O)c1ccccc1CO2. The number of rotatable bonds is 1. The summed E-state index contributed by atoms with van der Waals surface area (Å²) in [7, 11) is 0. The van der Waals surface area contributed by atoms with E-state index in [1.165, 1.54) is 0 Å². The summed E-state index contributed by atoms with van der Waals surface area (Å²) < 4.78 is 5.68. The van der Waals surface area contributed by atoms with Crippen LogP contribution in [0.15, 0.2) is 42.5 Å². The molecular weight excluding hydrogens is 254 g/mol. The Bertz CT molecular complexity index is 731. The second kappa shape index (κ2) is 4.71. The molecule has 2 aromatic carbocycles. The quantitative estimate of drug-likeness (QED) is 0.860. The van der Waals surface area contributed by atoms with E-state index in [9.17, 15) is 9.90 Å². The van der Waals surface area contributed by atoms with Crippen LogP contribution in [-0.4, -0.2) is 11.1 Å². The van der Waals surface area contributed by atoms with Crippen LogP contribution in [0.1, 0.15) is 28.2 Å². The van der Waals surface area contributed by atoms with Crippen molar-refractivity contribution in [2.45, 2.75) is 12.5 Å². The molecule has 0 saturated carbocycles. The van der Waals surface area contributed by atoms with Crippen molar-refractivity contribution in [1.82, 2.24) is 0 Å². The minimum absolute atomic E-state index is 0.332. The van der Waals surface area contributed by atoms with Gasteiger partial charge in [0.05, 0.1) is 11.6 Å². The number of nitriles is 1. The van der Waals surface area contributed by atoms with E-state index in [1.54, 1.807) is 24.3 Å². The van der Waals surface area contributed by atoms with Gasteiger partial charge in [-0.15, -0.1) is 0 Å². The lowest BCUT2D eigenvalue weighted by Crippen LogP contribution is -2.14. The van der Waals surface area contributed by atoms with Crippen LogP contribution >= 0.6 is 0 Å². The summed E-state index contributed by atoms with van der Waals surface area (Å²) in [5, 5.41) is 18.6. The molecule has 20 heavy (non-hydrogen) atoms. The fourth-order valence-electron chi connectivity index (χ4n) is 2.51. The van der Waals surface area contributed by atoms with Gasteiger partial charge in [0.1, 0.15) is 18.3 Å². The average molecular weight is 265 g/mol. The lowest BCUT2D eigenvalue weighted by Gasteiger charge is -2.14. The Balaban J connectivity index is 2.26. The van der Waals surface area contributed by atoms with Crippen LogP contribution in [0.5, 0.6) is 5.75 Å². The van der Waals surface area contributed by atoms with E-state index < -0.39 is 11.9 Å². The number of carboxylic acid groups (broad SMARTS) is 1. The predicted octanol–water partition coefficient (Wildman–Crippen LogP) is 2.67. The van der Waals surface area contributed by atoms with Gasteiger partial charge in [-0.3, -0.25) is 4.79 Å². The molecule has 0 bridgehead atoms. The maximum atomic E-state index is 11.7. The van der Waals surface area contributed by atoms with E-state index in [-0.39, 0.29) is 0 Å². The summed E-state index contributed by atoms with van der Waals surface area (Å²) in [5.41, 5.74) is 2.53. The maximum Gasteiger partial charge on any atom is 0.315 e. The van der Waals surface area contributed by atoms with E-state index in [1.807, 2.05) is 24.3 Å². The van der Waals surface area contributed by atoms with Crippen molar-refractivity contribution in [3.8, 4) is 11.8 Å². The van der Waals surface area contributed by atoms with Crippen molar-refractivity contribution in [2.24, 2.45) is 0 Å². The van der Waals surface area contributed by atoms with E-state index >= 15 is 0 Å². The van der Waals surface area contributed by atoms with Crippen molar-refractivity contribution < 1.29 is 14.6 Å². The fourth-order valence-corrected chi connectivity index (χ4v) is 2.51. The molecule has 0 radical (unpaired) electrons. The van der Waals surface area contributed by atoms with Crippen LogP contribution in [0.25, 0.3) is 0 Å². The molecule has 0 amide bonds. The molecule has 2 aromatic rings. The van der Waals surface area contributed by atoms with Crippen molar-refractivity contribution in [3.63, 3.8) is 0 Å². The summed E-state index contributed by atoms with van der Waals surface area (Å²) in [5.74, 6) is -1.23. The minimum atomic E-state index is -0.945. The molecule has 1 N–H and O–H groups in total. The number of ether oxygens (including phenoxy) is 1. The first-order valence-corrected chi connectivity index (χ1v) is 6.18. The summed E-state index contributed by atoms with van der Waals surface area (Å²) in [6.45, 7) is 0.332. The molecule has 0 spiro atoms. The summed E-state index contributed by atoms with van der Waals surface area (Å²) >= 11 is 0. The number of fused-ring (bicyclic) bond motifs is 2. The Morgan fingerprint density at radius 1 is 1.25 bits per heavy atom. The number of hydrogen-bond donors (Lipinski definition) is 1. The van der Waals surface area contributed by atoms with Gasteiger partial charge in [-0.2, -0.15) is 5.26 Å². The van der Waals surface area contributed by atoms with Gasteiger partial charge in [-0.25, -0.2) is 0 Å². The van der Waals surface area contributed by atoms with Gasteiger partial charge in [-0.05, 0) is 29.3 Å². The van der Waals surface area contributed by atoms with Crippen LogP contribution in [0, 0.1) is 11.3 Å². The third-order valence-electron chi connectivity index (χ3n) is 3.45. The van der Waals surface area contributed by atoms with E-state index in [4.69, 9.17) is 10.00 Å². The Kier molecular flexibility index (Phi) is 2.88. The van der Waals surface area contributed by atoms with Crippen LogP contribution in [-0.2, 0) is 11.4 Å². The molecule has 4 heteroatoms. The summed E-state index contributed by atoms with van der Waals surface area (Å²) in [6.07, 6.45) is 0. The molecule has 1 atom stereocenters. The average Bonchev–Trinajstić information content (AvgIpc) is 2.62. The predicted molar refractivity (Wildman–Crippen MR) is 71.4 cm³/mol. The smallest absolute Gasteiger partial charge is 0.315 e. The Hall–Kier alpha value is -2.80. The highest BCUT2D eigenvalue weighted by Crippen LogP contribution is 2.37. The summed E-state index contributed by atoms with van der Waals surface area (Å²) in [6, 6.07) is 14.3. The van der Waals surface area contributed by atoms with Crippen molar-refractivity contribution in [1.29, 1.82) is 5.26 Å². The molecule has 98 valence electrons. The van der Waals surface area contributed by atoms with Crippen LogP contribution in [0.4, 0.5) is 0 Å². The fraction of sp³-hybridized carbons (Fsp3) is 0.125. The van der Waals surface area contributed by atoms with Crippen LogP contribution < -0.4 is 4.74 Å². The van der Waals surface area contributed by atoms with E-state index in [0.29, 0.717) is 29.0 Å². The minimum Gasteiger partial charge on any atom is -0.489 e. The topological polar surface area (TPSA) is 70.3 Å². The van der Waals surface area contributed by atoms with E-state index in [2.05, 4.69) is 0 Å². The van der Waals surface area contributed by atoms with Crippen LogP contribution in [0.3, 0.4) is 0 Å². The first-order valence-electron chi connectivity index (χ1n) is 6.18. The Labute approximate surface area is 115 Å². The first-order chi connectivity index (χ1) is 9.70. The second-order valence-corrected chi connectivity index (χ2v) is 4.62. The zero-order chi connectivity index (χ0) is 14.1. The zero-order valence-corrected chi connectivity index (χ0v) is 10.5. The molecule has 0 aliphatic carbocycles. The van der Waals surface area contributed by atoms with Gasteiger partial charge in [0, 0.05) is 5.56 Å². The molecule has 1 heterocycles. The van der Waals surface area contributed by atoms with Crippen molar-refractivity contribution >= 4 is 5.97 Å². The van der Waals surface area contributed by atoms with Gasteiger partial charge >= 0.3 is 5.97 Å². The number of hydrogen-bond acceptors (Lipinski definition) is 3. The van der Waals surface area contributed by atoms with Crippen molar-refractivity contribution in [2.75, 3.05) is 0 Å². The third kappa shape index (κ3) is 1.90. The standard InChI is InChI=1S/C16H11NO3/c17-8-10-5-6-14-13(7-10)15(16(18)19)12-4-2-1-3-11(12)9-20-14/h1-7,15H,9H2,(H,18,19)/t15-/m1/s1. The monoisotopic (exact) mass is 265 g/mol. The molecule has 3 rings (SSSR count). The lowest BCUT2D eigenvalue weighted by molar-refractivity contribution is -0.137. The van der Waals surface area contributed by atoms with E-state index in [0.717, 1.165) is 5.56 Å². The molecule has 4 nitrogen and oxygen atoms in total. The molecule has 0 fully saturated rings. The van der Waals surface area contributed by atoms with Crippen LogP contribution in [0.2, 0.25) is 0 Å². The Morgan fingerprint density at radius 2 is 2.05 bits per heavy atom. The number of aliphatic carboxylic acids is 1. The number of carbonyl (C=O) groups is 1. The molecule has 0 unspecified atom stereocenters. The van der Waals surface area contributed by atoms with Gasteiger partial charge in [0.2, 0.25) is 0 Å². The zero-order valence-electron chi connectivity index (χ0n) is 10.5. The Morgan fingerprint density at radius 3 is 2.80 bits per heavy atom. The first kappa shape index (κ1) is 12.2. The number of nitrogens with zero attached hydrogens (tertiary/aromatic N) is 1. The summed E-state index contributed by atoms with van der Waals surface area (Å²) in [4.78, 5) is 11.7. The maximum absolute atomic E-state index is 11.7. The normalized spacial score (nSPS) is 16.1. The highest BCUT2D eigenvalue weighted by molar-refractivity contribution is 5.82. The number of benzene rings is 2. The van der Waals surface area contributed by atoms with Gasteiger partial charge in [0.15, 0.2) is 0 Å². The van der Waals surface area contributed by atoms with Gasteiger partial charge in [-0.1, -0.05) is 24.3 Å². The lowest BCUT2D eigenvalue weighted by atomic mass is 9.88. The largest absolute Gasteiger partial charge is 0.489 e. The molecule has 1 aliphatic rings. The highest BCUT2D eigenvalue weighted by atomic mass is 16.5. The van der Waals surface area contributed by atoms with Gasteiger partial charge < -0.3 is 9.84 Å². The third-order valence-corrected chi connectivity index (χ3v) is 3.45. The number of carboxylic acids is 1. The highest BCUT2D eigenvalue weighted by Gasteiger charge is 2.30. The molecule has 0 aromatic heterocycles. The molecule has 0 saturated heterocycles. The molecular formula is C16H11NO3. The molecule has 1 aliphatic heterocycles. The second-order valence-electron chi connectivity index (χ2n) is 4.62. The van der Waals surface area contributed by atoms with Crippen molar-refractivity contribution in [3.05, 3.63) is 64.7 Å².